The Balaban J connectivity index is 1.68. The molecule has 0 aromatic heterocycles. The standard InChI is InChI=1S/C17H18ClN6O2/c1-10-8-23-13-14(19-16(23)22(3)20-10)21(2)17(26)24(15(13)25)9-11-4-6-12(18)7-5-11/h4-7,13H,8-9H2,1-3H3/q+1. The van der Waals surface area contributed by atoms with Crippen molar-refractivity contribution in [1.82, 2.24) is 14.8 Å². The zero-order valence-corrected chi connectivity index (χ0v) is 15.4. The summed E-state index contributed by atoms with van der Waals surface area (Å²) >= 11 is 5.91. The largest absolute Gasteiger partial charge is 0.416 e. The molecule has 1 aromatic carbocycles. The SMILES string of the molecule is CC1=NN(C)C2=[N+](C1)C1C(=O)N(Cc3ccc(Cl)cc3)C(=O)N(C)C1=N2. The zero-order chi connectivity index (χ0) is 18.6. The van der Waals surface area contributed by atoms with Crippen LogP contribution in [0, 0.1) is 0 Å². The number of carbonyl (C=O) groups excluding carboxylic acids is 2. The van der Waals surface area contributed by atoms with E-state index in [2.05, 4.69) is 10.1 Å². The van der Waals surface area contributed by atoms with Crippen molar-refractivity contribution in [2.75, 3.05) is 20.6 Å². The molecule has 9 heteroatoms. The monoisotopic (exact) mass is 373 g/mol. The third-order valence-electron chi connectivity index (χ3n) is 4.65. The van der Waals surface area contributed by atoms with Crippen LogP contribution in [0.3, 0.4) is 0 Å². The third-order valence-corrected chi connectivity index (χ3v) is 4.90. The summed E-state index contributed by atoms with van der Waals surface area (Å²) in [5, 5.41) is 6.62. The van der Waals surface area contributed by atoms with Gasteiger partial charge in [-0.2, -0.15) is 0 Å². The van der Waals surface area contributed by atoms with Crippen molar-refractivity contribution in [3.05, 3.63) is 34.9 Å². The molecule has 0 bridgehead atoms. The van der Waals surface area contributed by atoms with Gasteiger partial charge in [-0.05, 0) is 24.6 Å². The molecule has 0 N–H and O–H groups in total. The van der Waals surface area contributed by atoms with E-state index < -0.39 is 6.04 Å². The minimum atomic E-state index is -0.618. The topological polar surface area (TPSA) is 71.6 Å². The van der Waals surface area contributed by atoms with Crippen molar-refractivity contribution in [3.63, 3.8) is 0 Å². The van der Waals surface area contributed by atoms with Crippen LogP contribution in [0.1, 0.15) is 12.5 Å². The molecule has 1 atom stereocenters. The van der Waals surface area contributed by atoms with Crippen molar-refractivity contribution >= 4 is 41.0 Å². The lowest BCUT2D eigenvalue weighted by Gasteiger charge is -2.34. The van der Waals surface area contributed by atoms with Crippen molar-refractivity contribution in [2.24, 2.45) is 10.1 Å². The fourth-order valence-electron chi connectivity index (χ4n) is 3.42. The van der Waals surface area contributed by atoms with Crippen molar-refractivity contribution in [1.29, 1.82) is 0 Å². The lowest BCUT2D eigenvalue weighted by atomic mass is 10.1. The Labute approximate surface area is 155 Å². The Morgan fingerprint density at radius 1 is 1.23 bits per heavy atom. The normalized spacial score (nSPS) is 22.5. The van der Waals surface area contributed by atoms with Gasteiger partial charge in [-0.3, -0.25) is 14.6 Å². The summed E-state index contributed by atoms with van der Waals surface area (Å²) in [4.78, 5) is 33.1. The van der Waals surface area contributed by atoms with Gasteiger partial charge >= 0.3 is 12.0 Å². The number of amides is 3. The number of imide groups is 1. The summed E-state index contributed by atoms with van der Waals surface area (Å²) in [5.41, 5.74) is 1.71. The van der Waals surface area contributed by atoms with Crippen LogP contribution in [0.5, 0.6) is 0 Å². The number of carbonyl (C=O) groups is 2. The van der Waals surface area contributed by atoms with E-state index in [0.717, 1.165) is 11.3 Å². The lowest BCUT2D eigenvalue weighted by Crippen LogP contribution is -2.63. The summed E-state index contributed by atoms with van der Waals surface area (Å²) in [5.74, 6) is 0.746. The van der Waals surface area contributed by atoms with Crippen LogP contribution in [0.15, 0.2) is 34.4 Å². The summed E-state index contributed by atoms with van der Waals surface area (Å²) in [6, 6.07) is 6.10. The molecule has 134 valence electrons. The highest BCUT2D eigenvalue weighted by atomic mass is 35.5. The van der Waals surface area contributed by atoms with Crippen molar-refractivity contribution in [2.45, 2.75) is 19.5 Å². The molecule has 4 rings (SSSR count). The molecule has 0 saturated carbocycles. The van der Waals surface area contributed by atoms with Crippen molar-refractivity contribution in [3.8, 4) is 0 Å². The van der Waals surface area contributed by atoms with E-state index in [-0.39, 0.29) is 18.5 Å². The number of aliphatic imine (C=N–C) groups is 1. The average molecular weight is 374 g/mol. The Morgan fingerprint density at radius 3 is 2.62 bits per heavy atom. The predicted molar refractivity (Wildman–Crippen MR) is 97.4 cm³/mol. The molecule has 0 spiro atoms. The van der Waals surface area contributed by atoms with Crippen molar-refractivity contribution < 1.29 is 14.2 Å². The average Bonchev–Trinajstić information content (AvgIpc) is 2.98. The van der Waals surface area contributed by atoms with Crippen LogP contribution in [0.2, 0.25) is 5.02 Å². The molecular weight excluding hydrogens is 356 g/mol. The molecular formula is C17H18ClN6O2+. The Kier molecular flexibility index (Phi) is 3.80. The second kappa shape index (κ2) is 5.91. The van der Waals surface area contributed by atoms with E-state index in [1.807, 2.05) is 23.6 Å². The number of amidine groups is 1. The highest BCUT2D eigenvalue weighted by molar-refractivity contribution is 6.30. The first-order chi connectivity index (χ1) is 12.4. The molecule has 0 radical (unpaired) electrons. The minimum absolute atomic E-state index is 0.190. The fraction of sp³-hybridized carbons (Fsp3) is 0.353. The van der Waals surface area contributed by atoms with E-state index in [1.54, 1.807) is 31.2 Å². The zero-order valence-electron chi connectivity index (χ0n) is 14.7. The minimum Gasteiger partial charge on any atom is -0.270 e. The first-order valence-electron chi connectivity index (χ1n) is 8.20. The summed E-state index contributed by atoms with van der Waals surface area (Å²) in [7, 11) is 3.42. The molecule has 8 nitrogen and oxygen atoms in total. The predicted octanol–water partition coefficient (Wildman–Crippen LogP) is 1.20. The fourth-order valence-corrected chi connectivity index (χ4v) is 3.55. The molecule has 3 aliphatic rings. The number of benzene rings is 1. The smallest absolute Gasteiger partial charge is 0.270 e. The summed E-state index contributed by atoms with van der Waals surface area (Å²) in [6.07, 6.45) is 0. The van der Waals surface area contributed by atoms with Gasteiger partial charge in [-0.1, -0.05) is 28.7 Å². The van der Waals surface area contributed by atoms with Gasteiger partial charge in [0.15, 0.2) is 0 Å². The number of rotatable bonds is 2. The highest BCUT2D eigenvalue weighted by Crippen LogP contribution is 2.24. The molecule has 0 aliphatic carbocycles. The van der Waals surface area contributed by atoms with Gasteiger partial charge in [0.1, 0.15) is 6.54 Å². The first kappa shape index (κ1) is 16.7. The van der Waals surface area contributed by atoms with Gasteiger partial charge in [-0.25, -0.2) is 9.37 Å². The number of likely N-dealkylation sites (N-methyl/N-ethyl adjacent to an activating group) is 1. The van der Waals surface area contributed by atoms with Gasteiger partial charge < -0.3 is 0 Å². The number of guanidine groups is 1. The van der Waals surface area contributed by atoms with Crippen LogP contribution in [0.25, 0.3) is 0 Å². The number of hydrazone groups is 1. The summed E-state index contributed by atoms with van der Waals surface area (Å²) in [6.45, 7) is 2.59. The van der Waals surface area contributed by atoms with E-state index in [9.17, 15) is 9.59 Å². The van der Waals surface area contributed by atoms with Crippen LogP contribution < -0.4 is 0 Å². The molecule has 1 aromatic rings. The van der Waals surface area contributed by atoms with E-state index in [1.165, 1.54) is 9.80 Å². The highest BCUT2D eigenvalue weighted by Gasteiger charge is 2.54. The van der Waals surface area contributed by atoms with Crippen LogP contribution in [-0.2, 0) is 11.3 Å². The van der Waals surface area contributed by atoms with E-state index in [4.69, 9.17) is 11.6 Å². The van der Waals surface area contributed by atoms with Crippen LogP contribution in [0.4, 0.5) is 4.79 Å². The third kappa shape index (κ3) is 2.48. The Morgan fingerprint density at radius 2 is 1.92 bits per heavy atom. The molecule has 3 aliphatic heterocycles. The van der Waals surface area contributed by atoms with Gasteiger partial charge in [0.2, 0.25) is 11.9 Å². The van der Waals surface area contributed by atoms with Gasteiger partial charge in [0, 0.05) is 12.1 Å². The quantitative estimate of drug-likeness (QED) is 0.731. The van der Waals surface area contributed by atoms with Gasteiger partial charge in [0.25, 0.3) is 5.91 Å². The van der Waals surface area contributed by atoms with Crippen LogP contribution >= 0.6 is 11.6 Å². The second-order valence-electron chi connectivity index (χ2n) is 6.55. The number of nitrogens with zero attached hydrogens (tertiary/aromatic N) is 6. The molecule has 1 saturated heterocycles. The number of halogens is 1. The molecule has 26 heavy (non-hydrogen) atoms. The Hall–Kier alpha value is -2.74. The molecule has 3 heterocycles. The Bertz CT molecular complexity index is 904. The maximum absolute atomic E-state index is 13.2. The van der Waals surface area contributed by atoms with Gasteiger partial charge in [-0.15, -0.1) is 10.1 Å². The molecule has 1 unspecified atom stereocenters. The van der Waals surface area contributed by atoms with Gasteiger partial charge in [0.05, 0.1) is 19.3 Å². The lowest BCUT2D eigenvalue weighted by molar-refractivity contribution is -0.527. The van der Waals surface area contributed by atoms with E-state index >= 15 is 0 Å². The molecule has 1 fully saturated rings. The number of fused-ring (bicyclic) bond motifs is 2. The maximum atomic E-state index is 13.2. The second-order valence-corrected chi connectivity index (χ2v) is 6.99. The number of hydrogen-bond donors (Lipinski definition) is 0. The van der Waals surface area contributed by atoms with E-state index in [0.29, 0.717) is 23.4 Å². The number of hydrogen-bond acceptors (Lipinski definition) is 5. The number of urea groups is 1. The van der Waals surface area contributed by atoms with Crippen LogP contribution in [-0.4, -0.2) is 75.5 Å². The first-order valence-corrected chi connectivity index (χ1v) is 8.58. The maximum Gasteiger partial charge on any atom is 0.416 e. The molecule has 3 amide bonds. The summed E-state index contributed by atoms with van der Waals surface area (Å²) < 4.78 is 1.89.